The van der Waals surface area contributed by atoms with Crippen molar-refractivity contribution in [2.45, 2.75) is 67.1 Å². The molecule has 0 bridgehead atoms. The maximum Gasteiger partial charge on any atom is 0.0873 e. The van der Waals surface area contributed by atoms with Gasteiger partial charge in [-0.15, -0.1) is 35.4 Å². The molecule has 0 amide bonds. The first-order chi connectivity index (χ1) is 17.4. The molecule has 4 nitrogen and oxygen atoms in total. The van der Waals surface area contributed by atoms with Crippen molar-refractivity contribution in [3.05, 3.63) is 95.7 Å². The Balaban J connectivity index is 0.000000396. The van der Waals surface area contributed by atoms with Crippen molar-refractivity contribution in [3.63, 3.8) is 0 Å². The van der Waals surface area contributed by atoms with Crippen molar-refractivity contribution in [1.29, 1.82) is 0 Å². The first-order valence-corrected chi connectivity index (χ1v) is 12.8. The number of aliphatic hydroxyl groups is 2. The van der Waals surface area contributed by atoms with Gasteiger partial charge in [0.1, 0.15) is 0 Å². The second kappa shape index (κ2) is 13.9. The molecule has 2 unspecified atom stereocenters. The summed E-state index contributed by atoms with van der Waals surface area (Å²) in [5, 5.41) is 18.3. The largest absolute Gasteiger partial charge is 0.393 e. The Morgan fingerprint density at radius 2 is 1.29 bits per heavy atom. The topological polar surface area (TPSA) is 66.2 Å². The van der Waals surface area contributed by atoms with Gasteiger partial charge in [0, 0.05) is 37.6 Å². The van der Waals surface area contributed by atoms with Gasteiger partial charge in [0.2, 0.25) is 0 Å². The fourth-order valence-corrected chi connectivity index (χ4v) is 3.69. The molecule has 2 atom stereocenters. The van der Waals surface area contributed by atoms with Gasteiger partial charge >= 0.3 is 0 Å². The molecule has 3 aromatic carbocycles. The number of benzene rings is 3. The Morgan fingerprint density at radius 1 is 0.763 bits per heavy atom. The van der Waals surface area contributed by atoms with Crippen molar-refractivity contribution in [2.24, 2.45) is 5.41 Å². The predicted octanol–water partition coefficient (Wildman–Crippen LogP) is 7.36. The van der Waals surface area contributed by atoms with E-state index in [1.54, 1.807) is 6.92 Å². The smallest absolute Gasteiger partial charge is 0.0873 e. The third-order valence-corrected chi connectivity index (χ3v) is 6.23. The summed E-state index contributed by atoms with van der Waals surface area (Å²) in [5.74, 6) is 0. The summed E-state index contributed by atoms with van der Waals surface area (Å²) in [6, 6.07) is 26.3. The summed E-state index contributed by atoms with van der Waals surface area (Å²) in [4.78, 5) is 9.77. The van der Waals surface area contributed by atoms with Gasteiger partial charge in [-0.05, 0) is 38.2 Å². The molecule has 2 N–H and O–H groups in total. The number of nitrogens with zero attached hydrogens (tertiary/aromatic N) is 2. The Bertz CT molecular complexity index is 1280. The second-order valence-corrected chi connectivity index (χ2v) is 10.9. The van der Waals surface area contributed by atoms with Crippen LogP contribution >= 0.6 is 0 Å². The van der Waals surface area contributed by atoms with E-state index in [4.69, 9.17) is 15.1 Å². The van der Waals surface area contributed by atoms with E-state index in [2.05, 4.69) is 87.5 Å². The summed E-state index contributed by atoms with van der Waals surface area (Å²) >= 11 is 0. The summed E-state index contributed by atoms with van der Waals surface area (Å²) in [6.45, 7) is 13.8. The van der Waals surface area contributed by atoms with Gasteiger partial charge in [0.05, 0.1) is 23.6 Å². The van der Waals surface area contributed by atoms with Crippen LogP contribution in [0.3, 0.4) is 0 Å². The number of aromatic nitrogens is 2. The van der Waals surface area contributed by atoms with Crippen LogP contribution in [-0.2, 0) is 20.1 Å². The Kier molecular flexibility index (Phi) is 11.5. The number of aliphatic hydroxyl groups excluding tert-OH is 2. The van der Waals surface area contributed by atoms with Gasteiger partial charge in [-0.3, -0.25) is 4.98 Å². The summed E-state index contributed by atoms with van der Waals surface area (Å²) in [7, 11) is 0. The molecule has 1 radical (unpaired) electrons. The third kappa shape index (κ3) is 8.96. The molecular formula is C33H39IrN2O2-. The van der Waals surface area contributed by atoms with Crippen LogP contribution in [0.15, 0.2) is 72.9 Å². The monoisotopic (exact) mass is 688 g/mol. The average molecular weight is 688 g/mol. The van der Waals surface area contributed by atoms with Gasteiger partial charge in [-0.2, -0.15) is 0 Å². The van der Waals surface area contributed by atoms with E-state index < -0.39 is 12.2 Å². The van der Waals surface area contributed by atoms with Crippen LogP contribution < -0.4 is 0 Å². The average Bonchev–Trinajstić information content (AvgIpc) is 2.85. The van der Waals surface area contributed by atoms with Gasteiger partial charge in [-0.1, -0.05) is 87.4 Å². The van der Waals surface area contributed by atoms with E-state index in [9.17, 15) is 5.11 Å². The van der Waals surface area contributed by atoms with E-state index in [0.717, 1.165) is 33.8 Å². The van der Waals surface area contributed by atoms with Gasteiger partial charge in [-0.25, -0.2) is 0 Å². The Morgan fingerprint density at radius 3 is 1.74 bits per heavy atom. The van der Waals surface area contributed by atoms with Crippen LogP contribution in [0.5, 0.6) is 0 Å². The molecule has 0 aliphatic carbocycles. The Hall–Kier alpha value is -2.69. The summed E-state index contributed by atoms with van der Waals surface area (Å²) in [6.07, 6.45) is 1.50. The first-order valence-electron chi connectivity index (χ1n) is 12.8. The van der Waals surface area contributed by atoms with E-state index in [-0.39, 0.29) is 25.5 Å². The molecule has 0 aliphatic rings. The standard InChI is InChI=1S/C25H21N2.C8H18O2.Ir/c1-17-4-10-20(11-5-17)23-16-26-24(21-12-6-18(2)7-13-21)25(27-23)22-14-8-19(3)9-15-22;1-6(9)5-7(10)8(2,3)4;/h4-12,14-16H,1-3H3;6-7,9-10H,5H2,1-4H3;/q-1;;. The fourth-order valence-electron chi connectivity index (χ4n) is 3.69. The number of hydrogen-bond donors (Lipinski definition) is 2. The van der Waals surface area contributed by atoms with Crippen molar-refractivity contribution < 1.29 is 30.3 Å². The Labute approximate surface area is 241 Å². The second-order valence-electron chi connectivity index (χ2n) is 10.9. The van der Waals surface area contributed by atoms with Crippen LogP contribution in [0, 0.1) is 32.3 Å². The van der Waals surface area contributed by atoms with Crippen molar-refractivity contribution in [2.75, 3.05) is 0 Å². The molecule has 0 spiro atoms. The minimum absolute atomic E-state index is 0. The van der Waals surface area contributed by atoms with Crippen LogP contribution in [0.2, 0.25) is 0 Å². The third-order valence-electron chi connectivity index (χ3n) is 6.23. The molecular weight excluding hydrogens is 649 g/mol. The van der Waals surface area contributed by atoms with Crippen LogP contribution in [0.1, 0.15) is 50.8 Å². The first kappa shape index (κ1) is 31.5. The van der Waals surface area contributed by atoms with E-state index >= 15 is 0 Å². The van der Waals surface area contributed by atoms with Crippen molar-refractivity contribution in [3.8, 4) is 33.8 Å². The van der Waals surface area contributed by atoms with E-state index in [1.807, 2.05) is 33.0 Å². The summed E-state index contributed by atoms with van der Waals surface area (Å²) < 4.78 is 0. The quantitative estimate of drug-likeness (QED) is 0.215. The van der Waals surface area contributed by atoms with Gasteiger partial charge in [0.15, 0.2) is 0 Å². The number of rotatable bonds is 5. The van der Waals surface area contributed by atoms with Crippen LogP contribution in [0.25, 0.3) is 33.8 Å². The van der Waals surface area contributed by atoms with Crippen LogP contribution in [0.4, 0.5) is 0 Å². The fraction of sp³-hybridized carbons (Fsp3) is 0.333. The van der Waals surface area contributed by atoms with Crippen molar-refractivity contribution >= 4 is 0 Å². The van der Waals surface area contributed by atoms with Crippen LogP contribution in [-0.4, -0.2) is 32.4 Å². The molecule has 38 heavy (non-hydrogen) atoms. The predicted molar refractivity (Wildman–Crippen MR) is 153 cm³/mol. The number of aryl methyl sites for hydroxylation is 3. The van der Waals surface area contributed by atoms with E-state index in [1.165, 1.54) is 16.7 Å². The minimum Gasteiger partial charge on any atom is -0.393 e. The number of hydrogen-bond acceptors (Lipinski definition) is 4. The SMILES string of the molecule is CC(O)CC(O)C(C)(C)C.Cc1c[c-]c(-c2ncc(-c3ccc(C)cc3)nc2-c2ccc(C)cc2)cc1.[Ir]. The molecule has 4 aromatic rings. The normalized spacial score (nSPS) is 12.6. The van der Waals surface area contributed by atoms with Gasteiger partial charge in [0.25, 0.3) is 0 Å². The zero-order valence-electron chi connectivity index (χ0n) is 23.4. The molecule has 0 aliphatic heterocycles. The van der Waals surface area contributed by atoms with Gasteiger partial charge < -0.3 is 15.2 Å². The zero-order chi connectivity index (χ0) is 27.2. The maximum atomic E-state index is 9.40. The summed E-state index contributed by atoms with van der Waals surface area (Å²) in [5.41, 5.74) is 9.23. The molecule has 0 saturated heterocycles. The molecule has 1 heterocycles. The van der Waals surface area contributed by atoms with E-state index in [0.29, 0.717) is 6.42 Å². The molecule has 0 fully saturated rings. The molecule has 1 aromatic heterocycles. The molecule has 5 heteroatoms. The molecule has 0 saturated carbocycles. The molecule has 203 valence electrons. The zero-order valence-corrected chi connectivity index (χ0v) is 25.8. The minimum atomic E-state index is -0.410. The maximum absolute atomic E-state index is 9.40. The molecule has 4 rings (SSSR count). The van der Waals surface area contributed by atoms with Crippen molar-refractivity contribution in [1.82, 2.24) is 9.97 Å².